The SMILES string of the molecule is Cn1c2cccc3c4cscc4n4c5c(ccc1c5c32)c1c2ccccc2n(-c2ccccc2)c14. The summed E-state index contributed by atoms with van der Waals surface area (Å²) in [6, 6.07) is 31.0. The zero-order valence-corrected chi connectivity index (χ0v) is 19.8. The van der Waals surface area contributed by atoms with Gasteiger partial charge in [-0.25, -0.2) is 0 Å². The summed E-state index contributed by atoms with van der Waals surface area (Å²) in [4.78, 5) is 0. The molecule has 0 saturated heterocycles. The minimum Gasteiger partial charge on any atom is -0.344 e. The molecule has 0 radical (unpaired) electrons. The molecule has 0 unspecified atom stereocenters. The van der Waals surface area contributed by atoms with Gasteiger partial charge in [-0.15, -0.1) is 11.3 Å². The van der Waals surface area contributed by atoms with Gasteiger partial charge in [-0.05, 0) is 41.8 Å². The Morgan fingerprint density at radius 3 is 2.23 bits per heavy atom. The maximum Gasteiger partial charge on any atom is 0.131 e. The molecule has 0 fully saturated rings. The van der Waals surface area contributed by atoms with E-state index in [9.17, 15) is 0 Å². The molecular formula is C31H19N3S. The summed E-state index contributed by atoms with van der Waals surface area (Å²) in [5.41, 5.74) is 8.83. The molecule has 0 bridgehead atoms. The molecule has 4 aromatic carbocycles. The highest BCUT2D eigenvalue weighted by Gasteiger charge is 2.25. The van der Waals surface area contributed by atoms with E-state index >= 15 is 0 Å². The van der Waals surface area contributed by atoms with Crippen LogP contribution in [-0.2, 0) is 7.05 Å². The maximum absolute atomic E-state index is 2.55. The first-order chi connectivity index (χ1) is 17.3. The van der Waals surface area contributed by atoms with Gasteiger partial charge in [0.15, 0.2) is 0 Å². The fourth-order valence-electron chi connectivity index (χ4n) is 6.52. The van der Waals surface area contributed by atoms with Crippen LogP contribution in [-0.4, -0.2) is 13.5 Å². The Bertz CT molecular complexity index is 2270. The van der Waals surface area contributed by atoms with Gasteiger partial charge in [0.2, 0.25) is 0 Å². The number of para-hydroxylation sites is 2. The third-order valence-electron chi connectivity index (χ3n) is 7.91. The van der Waals surface area contributed by atoms with Crippen molar-refractivity contribution in [3.05, 3.63) is 95.7 Å². The maximum atomic E-state index is 2.55. The van der Waals surface area contributed by atoms with Crippen LogP contribution in [0.1, 0.15) is 0 Å². The van der Waals surface area contributed by atoms with Crippen molar-refractivity contribution < 1.29 is 0 Å². The van der Waals surface area contributed by atoms with Gasteiger partial charge in [0, 0.05) is 61.3 Å². The van der Waals surface area contributed by atoms with Crippen LogP contribution in [0.15, 0.2) is 95.7 Å². The number of rotatable bonds is 1. The second-order valence-corrected chi connectivity index (χ2v) is 10.3. The predicted octanol–water partition coefficient (Wildman–Crippen LogP) is 8.49. The van der Waals surface area contributed by atoms with Crippen molar-refractivity contribution in [2.75, 3.05) is 0 Å². The van der Waals surface area contributed by atoms with Gasteiger partial charge in [-0.3, -0.25) is 8.97 Å². The molecule has 0 spiro atoms. The number of benzene rings is 4. The third kappa shape index (κ3) is 1.97. The van der Waals surface area contributed by atoms with E-state index in [1.807, 2.05) is 0 Å². The highest BCUT2D eigenvalue weighted by molar-refractivity contribution is 7.09. The minimum atomic E-state index is 1.19. The lowest BCUT2D eigenvalue weighted by Crippen LogP contribution is -1.97. The number of hydrogen-bond acceptors (Lipinski definition) is 1. The normalized spacial score (nSPS) is 12.7. The van der Waals surface area contributed by atoms with Crippen LogP contribution in [0.25, 0.3) is 76.6 Å². The van der Waals surface area contributed by atoms with E-state index < -0.39 is 0 Å². The molecular weight excluding hydrogens is 446 g/mol. The number of thiophene rings is 1. The van der Waals surface area contributed by atoms with Crippen LogP contribution in [0.5, 0.6) is 0 Å². The van der Waals surface area contributed by atoms with Crippen molar-refractivity contribution in [2.45, 2.75) is 0 Å². The third-order valence-corrected chi connectivity index (χ3v) is 8.64. The first kappa shape index (κ1) is 18.1. The average molecular weight is 466 g/mol. The lowest BCUT2D eigenvalue weighted by Gasteiger charge is -2.09. The molecule has 0 saturated carbocycles. The summed E-state index contributed by atoms with van der Waals surface area (Å²) in [7, 11) is 2.20. The number of aromatic nitrogens is 3. The molecule has 0 atom stereocenters. The van der Waals surface area contributed by atoms with Crippen LogP contribution in [0.2, 0.25) is 0 Å². The lowest BCUT2D eigenvalue weighted by atomic mass is 10.0. The Balaban J connectivity index is 1.74. The summed E-state index contributed by atoms with van der Waals surface area (Å²) in [5, 5.41) is 14.0. The second-order valence-electron chi connectivity index (χ2n) is 9.51. The number of nitrogens with zero attached hydrogens (tertiary/aromatic N) is 3. The number of fused-ring (bicyclic) bond motifs is 8. The predicted molar refractivity (Wildman–Crippen MR) is 150 cm³/mol. The lowest BCUT2D eigenvalue weighted by molar-refractivity contribution is 1.01. The van der Waals surface area contributed by atoms with Crippen LogP contribution in [0, 0.1) is 0 Å². The van der Waals surface area contributed by atoms with E-state index in [0.717, 1.165) is 0 Å². The zero-order valence-electron chi connectivity index (χ0n) is 19.0. The molecule has 35 heavy (non-hydrogen) atoms. The summed E-state index contributed by atoms with van der Waals surface area (Å²) in [6.07, 6.45) is 0. The molecule has 164 valence electrons. The Hall–Kier alpha value is -4.28. The molecule has 0 N–H and O–H groups in total. The van der Waals surface area contributed by atoms with Gasteiger partial charge in [-0.1, -0.05) is 48.5 Å². The molecule has 5 aromatic heterocycles. The molecule has 3 nitrogen and oxygen atoms in total. The number of aryl methyl sites for hydroxylation is 1. The van der Waals surface area contributed by atoms with Crippen molar-refractivity contribution in [2.24, 2.45) is 7.05 Å². The molecule has 0 aliphatic carbocycles. The second kappa shape index (κ2) is 6.04. The highest BCUT2D eigenvalue weighted by atomic mass is 32.1. The van der Waals surface area contributed by atoms with Crippen molar-refractivity contribution in [1.82, 2.24) is 13.5 Å². The first-order valence-corrected chi connectivity index (χ1v) is 12.9. The molecule has 9 aromatic rings. The van der Waals surface area contributed by atoms with Crippen LogP contribution in [0.4, 0.5) is 0 Å². The Kier molecular flexibility index (Phi) is 3.12. The van der Waals surface area contributed by atoms with E-state index in [1.54, 1.807) is 11.3 Å². The summed E-state index contributed by atoms with van der Waals surface area (Å²) >= 11 is 1.79. The van der Waals surface area contributed by atoms with E-state index in [4.69, 9.17) is 0 Å². The molecule has 0 aliphatic heterocycles. The zero-order chi connectivity index (χ0) is 22.8. The molecule has 0 amide bonds. The molecule has 5 heterocycles. The molecule has 9 rings (SSSR count). The Morgan fingerprint density at radius 2 is 1.31 bits per heavy atom. The van der Waals surface area contributed by atoms with Gasteiger partial charge >= 0.3 is 0 Å². The van der Waals surface area contributed by atoms with Crippen molar-refractivity contribution in [3.8, 4) is 5.69 Å². The van der Waals surface area contributed by atoms with Gasteiger partial charge in [-0.2, -0.15) is 0 Å². The van der Waals surface area contributed by atoms with E-state index in [1.165, 1.54) is 76.6 Å². The summed E-state index contributed by atoms with van der Waals surface area (Å²) in [5.74, 6) is 0. The van der Waals surface area contributed by atoms with Crippen molar-refractivity contribution >= 4 is 82.3 Å². The quantitative estimate of drug-likeness (QED) is 0.231. The number of hydrogen-bond donors (Lipinski definition) is 0. The standard InChI is InChI=1S/C31H19N3S/c1-32-24-13-7-11-19-22-16-35-17-26(22)34-30-21(14-15-25(32)29(30)28(19)24)27-20-10-5-6-12-23(20)33(31(27)34)18-8-3-2-4-9-18/h2-17H,1H3. The fourth-order valence-corrected chi connectivity index (χ4v) is 7.34. The summed E-state index contributed by atoms with van der Waals surface area (Å²) in [6.45, 7) is 0. The topological polar surface area (TPSA) is 14.3 Å². The van der Waals surface area contributed by atoms with Crippen LogP contribution < -0.4 is 0 Å². The van der Waals surface area contributed by atoms with Gasteiger partial charge in [0.05, 0.1) is 22.1 Å². The fraction of sp³-hybridized carbons (Fsp3) is 0.0323. The molecule has 0 aliphatic rings. The van der Waals surface area contributed by atoms with Crippen LogP contribution in [0.3, 0.4) is 0 Å². The van der Waals surface area contributed by atoms with E-state index in [-0.39, 0.29) is 0 Å². The Morgan fingerprint density at radius 1 is 0.543 bits per heavy atom. The van der Waals surface area contributed by atoms with Crippen molar-refractivity contribution in [1.29, 1.82) is 0 Å². The Labute approximate surface area is 204 Å². The smallest absolute Gasteiger partial charge is 0.131 e. The monoisotopic (exact) mass is 465 g/mol. The summed E-state index contributed by atoms with van der Waals surface area (Å²) < 4.78 is 7.36. The average Bonchev–Trinajstić information content (AvgIpc) is 3.63. The van der Waals surface area contributed by atoms with E-state index in [0.29, 0.717) is 0 Å². The van der Waals surface area contributed by atoms with E-state index in [2.05, 4.69) is 116 Å². The molecule has 4 heteroatoms. The van der Waals surface area contributed by atoms with Crippen LogP contribution >= 0.6 is 11.3 Å². The van der Waals surface area contributed by atoms with Gasteiger partial charge in [0.1, 0.15) is 5.65 Å². The van der Waals surface area contributed by atoms with Gasteiger partial charge in [0.25, 0.3) is 0 Å². The minimum absolute atomic E-state index is 1.19. The largest absolute Gasteiger partial charge is 0.344 e. The van der Waals surface area contributed by atoms with Gasteiger partial charge < -0.3 is 4.57 Å². The highest BCUT2D eigenvalue weighted by Crippen LogP contribution is 2.47. The first-order valence-electron chi connectivity index (χ1n) is 11.9. The van der Waals surface area contributed by atoms with Crippen molar-refractivity contribution in [3.63, 3.8) is 0 Å².